The van der Waals surface area contributed by atoms with Gasteiger partial charge in [-0.1, -0.05) is 22.8 Å². The van der Waals surface area contributed by atoms with E-state index in [9.17, 15) is 4.39 Å². The molecular weight excluding hydrogens is 295 g/mol. The molecule has 0 spiro atoms. The molecule has 1 aromatic rings. The van der Waals surface area contributed by atoms with E-state index in [1.165, 1.54) is 6.07 Å². The van der Waals surface area contributed by atoms with Crippen LogP contribution in [-0.4, -0.2) is 53.1 Å². The lowest BCUT2D eigenvalue weighted by atomic mass is 10.1. The van der Waals surface area contributed by atoms with E-state index in [0.29, 0.717) is 0 Å². The normalized spacial score (nSPS) is 19.7. The highest BCUT2D eigenvalue weighted by Gasteiger charge is 2.23. The summed E-state index contributed by atoms with van der Waals surface area (Å²) < 4.78 is 13.1. The quantitative estimate of drug-likeness (QED) is 0.384. The van der Waals surface area contributed by atoms with Gasteiger partial charge in [0.2, 0.25) is 0 Å². The van der Waals surface area contributed by atoms with E-state index in [4.69, 9.17) is 22.5 Å². The lowest BCUT2D eigenvalue weighted by Gasteiger charge is -2.37. The minimum Gasteiger partial charge on any atom is -0.409 e. The topological polar surface area (TPSA) is 65.1 Å². The summed E-state index contributed by atoms with van der Waals surface area (Å²) >= 11 is 5.79. The van der Waals surface area contributed by atoms with E-state index in [2.05, 4.69) is 15.0 Å². The molecule has 0 aromatic heterocycles. The van der Waals surface area contributed by atoms with Crippen LogP contribution in [0.25, 0.3) is 0 Å². The van der Waals surface area contributed by atoms with E-state index in [-0.39, 0.29) is 16.9 Å². The Labute approximate surface area is 128 Å². The summed E-state index contributed by atoms with van der Waals surface area (Å²) in [4.78, 5) is 4.45. The molecule has 3 N–H and O–H groups in total. The molecule has 0 radical (unpaired) electrons. The van der Waals surface area contributed by atoms with E-state index >= 15 is 0 Å². The van der Waals surface area contributed by atoms with Gasteiger partial charge in [0.1, 0.15) is 5.82 Å². The van der Waals surface area contributed by atoms with Crippen molar-refractivity contribution in [3.05, 3.63) is 34.6 Å². The van der Waals surface area contributed by atoms with Gasteiger partial charge in [0.15, 0.2) is 5.84 Å². The minimum atomic E-state index is -0.391. The SMILES string of the molecule is CC(/C(N)=N/O)N1CCN(Cc2ccc(F)c(Cl)c2)CC1. The van der Waals surface area contributed by atoms with Crippen LogP contribution in [0.2, 0.25) is 5.02 Å². The van der Waals surface area contributed by atoms with Crippen LogP contribution in [0.3, 0.4) is 0 Å². The number of piperazine rings is 1. The Balaban J connectivity index is 1.88. The van der Waals surface area contributed by atoms with Crippen LogP contribution < -0.4 is 5.73 Å². The maximum Gasteiger partial charge on any atom is 0.156 e. The van der Waals surface area contributed by atoms with Gasteiger partial charge in [-0.15, -0.1) is 0 Å². The number of hydrogen-bond acceptors (Lipinski definition) is 4. The first-order valence-electron chi connectivity index (χ1n) is 6.89. The first-order valence-corrected chi connectivity index (χ1v) is 7.27. The Morgan fingerprint density at radius 3 is 2.67 bits per heavy atom. The highest BCUT2D eigenvalue weighted by Crippen LogP contribution is 2.18. The summed E-state index contributed by atoms with van der Waals surface area (Å²) in [7, 11) is 0. The third kappa shape index (κ3) is 4.06. The number of benzene rings is 1. The molecule has 1 saturated heterocycles. The second-order valence-corrected chi connectivity index (χ2v) is 5.67. The molecule has 1 heterocycles. The van der Waals surface area contributed by atoms with Crippen LogP contribution in [0.15, 0.2) is 23.4 Å². The highest BCUT2D eigenvalue weighted by molar-refractivity contribution is 6.30. The van der Waals surface area contributed by atoms with Gasteiger partial charge >= 0.3 is 0 Å². The van der Waals surface area contributed by atoms with Crippen LogP contribution >= 0.6 is 11.6 Å². The average Bonchev–Trinajstić information content (AvgIpc) is 2.50. The van der Waals surface area contributed by atoms with Crippen LogP contribution in [0.4, 0.5) is 4.39 Å². The summed E-state index contributed by atoms with van der Waals surface area (Å²) in [6, 6.07) is 4.75. The zero-order chi connectivity index (χ0) is 15.4. The van der Waals surface area contributed by atoms with Crippen molar-refractivity contribution in [1.82, 2.24) is 9.80 Å². The molecule has 0 aliphatic carbocycles. The number of amidine groups is 1. The molecule has 0 saturated carbocycles. The fourth-order valence-electron chi connectivity index (χ4n) is 2.48. The van der Waals surface area contributed by atoms with E-state index in [1.807, 2.05) is 6.92 Å². The fourth-order valence-corrected chi connectivity index (χ4v) is 2.68. The van der Waals surface area contributed by atoms with E-state index in [1.54, 1.807) is 12.1 Å². The van der Waals surface area contributed by atoms with Crippen molar-refractivity contribution in [2.75, 3.05) is 26.2 Å². The number of nitrogens with two attached hydrogens (primary N) is 1. The molecule has 1 atom stereocenters. The Bertz CT molecular complexity index is 518. The third-order valence-corrected chi connectivity index (χ3v) is 4.18. The van der Waals surface area contributed by atoms with Gasteiger partial charge in [0.05, 0.1) is 11.1 Å². The molecule has 21 heavy (non-hydrogen) atoms. The van der Waals surface area contributed by atoms with Gasteiger partial charge in [0, 0.05) is 32.7 Å². The minimum absolute atomic E-state index is 0.0718. The number of rotatable bonds is 4. The Morgan fingerprint density at radius 1 is 1.43 bits per heavy atom. The van der Waals surface area contributed by atoms with E-state index in [0.717, 1.165) is 38.3 Å². The number of hydrogen-bond donors (Lipinski definition) is 2. The molecule has 2 rings (SSSR count). The van der Waals surface area contributed by atoms with Gasteiger partial charge in [-0.2, -0.15) is 0 Å². The van der Waals surface area contributed by atoms with Crippen molar-refractivity contribution in [3.63, 3.8) is 0 Å². The lowest BCUT2D eigenvalue weighted by Crippen LogP contribution is -2.52. The predicted octanol–water partition coefficient (Wildman–Crippen LogP) is 1.73. The molecule has 1 fully saturated rings. The van der Waals surface area contributed by atoms with Crippen molar-refractivity contribution in [2.45, 2.75) is 19.5 Å². The zero-order valence-electron chi connectivity index (χ0n) is 12.0. The predicted molar refractivity (Wildman–Crippen MR) is 81.1 cm³/mol. The van der Waals surface area contributed by atoms with Crippen LogP contribution in [-0.2, 0) is 6.54 Å². The summed E-state index contributed by atoms with van der Waals surface area (Å²) in [6.45, 7) is 6.09. The molecule has 116 valence electrons. The van der Waals surface area contributed by atoms with Gasteiger partial charge in [-0.25, -0.2) is 4.39 Å². The van der Waals surface area contributed by atoms with Crippen LogP contribution in [0, 0.1) is 5.82 Å². The smallest absolute Gasteiger partial charge is 0.156 e. The van der Waals surface area contributed by atoms with Crippen molar-refractivity contribution >= 4 is 17.4 Å². The first kappa shape index (κ1) is 16.0. The molecule has 0 bridgehead atoms. The first-order chi connectivity index (χ1) is 10.0. The number of oxime groups is 1. The summed E-state index contributed by atoms with van der Waals surface area (Å²) in [6.07, 6.45) is 0. The van der Waals surface area contributed by atoms with Gasteiger partial charge in [-0.05, 0) is 24.6 Å². The summed E-state index contributed by atoms with van der Waals surface area (Å²) in [5, 5.41) is 11.9. The molecule has 5 nitrogen and oxygen atoms in total. The maximum atomic E-state index is 13.1. The maximum absolute atomic E-state index is 13.1. The van der Waals surface area contributed by atoms with Crippen molar-refractivity contribution in [3.8, 4) is 0 Å². The standard InChI is InChI=1S/C14H20ClFN4O/c1-10(14(17)18-21)20-6-4-19(5-7-20)9-11-2-3-13(16)12(15)8-11/h2-3,8,10,21H,4-7,9H2,1H3,(H2,17,18). The van der Waals surface area contributed by atoms with Gasteiger partial charge < -0.3 is 10.9 Å². The molecule has 7 heteroatoms. The number of nitrogens with zero attached hydrogens (tertiary/aromatic N) is 3. The van der Waals surface area contributed by atoms with Crippen LogP contribution in [0.1, 0.15) is 12.5 Å². The Hall–Kier alpha value is -1.37. The third-order valence-electron chi connectivity index (χ3n) is 3.89. The van der Waals surface area contributed by atoms with Crippen LogP contribution in [0.5, 0.6) is 0 Å². The Kier molecular flexibility index (Phi) is 5.39. The molecular formula is C14H20ClFN4O. The molecule has 0 amide bonds. The Morgan fingerprint density at radius 2 is 2.10 bits per heavy atom. The fraction of sp³-hybridized carbons (Fsp3) is 0.500. The monoisotopic (exact) mass is 314 g/mol. The number of halogens is 2. The molecule has 1 unspecified atom stereocenters. The van der Waals surface area contributed by atoms with Crippen molar-refractivity contribution in [2.24, 2.45) is 10.9 Å². The largest absolute Gasteiger partial charge is 0.409 e. The van der Waals surface area contributed by atoms with E-state index < -0.39 is 5.82 Å². The summed E-state index contributed by atoms with van der Waals surface area (Å²) in [5.74, 6) is -0.161. The van der Waals surface area contributed by atoms with Crippen molar-refractivity contribution < 1.29 is 9.60 Å². The molecule has 1 aromatic carbocycles. The second-order valence-electron chi connectivity index (χ2n) is 5.26. The summed E-state index contributed by atoms with van der Waals surface area (Å²) in [5.41, 5.74) is 6.63. The molecule has 1 aliphatic heterocycles. The van der Waals surface area contributed by atoms with Gasteiger partial charge in [-0.3, -0.25) is 9.80 Å². The van der Waals surface area contributed by atoms with Crippen molar-refractivity contribution in [1.29, 1.82) is 0 Å². The zero-order valence-corrected chi connectivity index (χ0v) is 12.7. The lowest BCUT2D eigenvalue weighted by molar-refractivity contribution is 0.116. The van der Waals surface area contributed by atoms with Gasteiger partial charge in [0.25, 0.3) is 0 Å². The average molecular weight is 315 g/mol. The second kappa shape index (κ2) is 7.06. The highest BCUT2D eigenvalue weighted by atomic mass is 35.5. The molecule has 1 aliphatic rings.